The average Bonchev–Trinajstić information content (AvgIpc) is 3.12. The van der Waals surface area contributed by atoms with Gasteiger partial charge in [-0.25, -0.2) is 4.79 Å². The summed E-state index contributed by atoms with van der Waals surface area (Å²) in [6, 6.07) is 7.47. The number of aromatic amines is 1. The summed E-state index contributed by atoms with van der Waals surface area (Å²) in [5.41, 5.74) is 5.61. The summed E-state index contributed by atoms with van der Waals surface area (Å²) < 4.78 is 10.1. The molecular formula is C18H15N3O3. The van der Waals surface area contributed by atoms with Crippen LogP contribution in [0.2, 0.25) is 0 Å². The smallest absolute Gasteiger partial charge is 0.338 e. The van der Waals surface area contributed by atoms with E-state index in [1.807, 2.05) is 32.0 Å². The van der Waals surface area contributed by atoms with E-state index in [1.165, 1.54) is 7.11 Å². The van der Waals surface area contributed by atoms with Gasteiger partial charge >= 0.3 is 5.97 Å². The van der Waals surface area contributed by atoms with Gasteiger partial charge in [-0.2, -0.15) is 0 Å². The van der Waals surface area contributed by atoms with Crippen LogP contribution in [-0.4, -0.2) is 28.2 Å². The van der Waals surface area contributed by atoms with Crippen molar-refractivity contribution < 1.29 is 14.1 Å². The number of aryl methyl sites for hydroxylation is 2. The molecule has 0 aliphatic rings. The minimum atomic E-state index is -0.377. The van der Waals surface area contributed by atoms with E-state index in [0.717, 1.165) is 44.5 Å². The van der Waals surface area contributed by atoms with E-state index < -0.39 is 0 Å². The predicted molar refractivity (Wildman–Crippen MR) is 89.9 cm³/mol. The molecular weight excluding hydrogens is 306 g/mol. The van der Waals surface area contributed by atoms with Crippen molar-refractivity contribution in [3.05, 3.63) is 47.5 Å². The van der Waals surface area contributed by atoms with Crippen LogP contribution in [-0.2, 0) is 4.74 Å². The van der Waals surface area contributed by atoms with Crippen LogP contribution in [0.1, 0.15) is 21.8 Å². The summed E-state index contributed by atoms with van der Waals surface area (Å²) in [4.78, 5) is 19.9. The quantitative estimate of drug-likeness (QED) is 0.568. The van der Waals surface area contributed by atoms with Crippen LogP contribution in [0.15, 0.2) is 35.0 Å². The fourth-order valence-electron chi connectivity index (χ4n) is 3.13. The second-order valence-corrected chi connectivity index (χ2v) is 5.66. The number of ether oxygens (including phenoxy) is 1. The monoisotopic (exact) mass is 321 g/mol. The van der Waals surface area contributed by atoms with Gasteiger partial charge in [0.05, 0.1) is 29.4 Å². The van der Waals surface area contributed by atoms with Crippen LogP contribution in [0.3, 0.4) is 0 Å². The summed E-state index contributed by atoms with van der Waals surface area (Å²) in [5, 5.41) is 4.76. The number of carbonyl (C=O) groups is 1. The van der Waals surface area contributed by atoms with Crippen molar-refractivity contribution in [2.24, 2.45) is 0 Å². The highest BCUT2D eigenvalue weighted by atomic mass is 16.5. The number of hydrogen-bond acceptors (Lipinski definition) is 5. The van der Waals surface area contributed by atoms with E-state index in [0.29, 0.717) is 5.56 Å². The second-order valence-electron chi connectivity index (χ2n) is 5.66. The predicted octanol–water partition coefficient (Wildman–Crippen LogP) is 3.77. The highest BCUT2D eigenvalue weighted by molar-refractivity contribution is 6.15. The SMILES string of the molecule is COC(=O)c1cccc2[nH]c3cc(-c4c(C)noc4C)cnc3c12. The molecule has 0 unspecified atom stereocenters. The molecule has 0 atom stereocenters. The number of benzene rings is 1. The molecule has 4 rings (SSSR count). The van der Waals surface area contributed by atoms with E-state index in [4.69, 9.17) is 9.26 Å². The Bertz CT molecular complexity index is 1070. The van der Waals surface area contributed by atoms with Gasteiger partial charge in [-0.1, -0.05) is 11.2 Å². The lowest BCUT2D eigenvalue weighted by Gasteiger charge is -2.02. The van der Waals surface area contributed by atoms with E-state index in [-0.39, 0.29) is 5.97 Å². The number of methoxy groups -OCH3 is 1. The van der Waals surface area contributed by atoms with Gasteiger partial charge < -0.3 is 14.2 Å². The molecule has 24 heavy (non-hydrogen) atoms. The largest absolute Gasteiger partial charge is 0.465 e. The van der Waals surface area contributed by atoms with Crippen molar-refractivity contribution in [3.63, 3.8) is 0 Å². The van der Waals surface area contributed by atoms with Crippen molar-refractivity contribution in [2.75, 3.05) is 7.11 Å². The van der Waals surface area contributed by atoms with Gasteiger partial charge in [0.15, 0.2) is 0 Å². The van der Waals surface area contributed by atoms with Gasteiger partial charge in [0.2, 0.25) is 0 Å². The number of H-pyrrole nitrogens is 1. The van der Waals surface area contributed by atoms with Gasteiger partial charge in [0.1, 0.15) is 5.76 Å². The molecule has 0 aliphatic carbocycles. The number of fused-ring (bicyclic) bond motifs is 3. The fourth-order valence-corrected chi connectivity index (χ4v) is 3.13. The van der Waals surface area contributed by atoms with E-state index in [1.54, 1.807) is 12.3 Å². The maximum Gasteiger partial charge on any atom is 0.338 e. The number of rotatable bonds is 2. The molecule has 3 heterocycles. The fraction of sp³-hybridized carbons (Fsp3) is 0.167. The zero-order chi connectivity index (χ0) is 16.8. The molecule has 3 aromatic heterocycles. The molecule has 0 saturated carbocycles. The van der Waals surface area contributed by atoms with Crippen molar-refractivity contribution in [1.82, 2.24) is 15.1 Å². The highest BCUT2D eigenvalue weighted by Crippen LogP contribution is 2.32. The third-order valence-corrected chi connectivity index (χ3v) is 4.19. The van der Waals surface area contributed by atoms with Crippen molar-refractivity contribution in [1.29, 1.82) is 0 Å². The number of nitrogens with zero attached hydrogens (tertiary/aromatic N) is 2. The molecule has 0 amide bonds. The van der Waals surface area contributed by atoms with Gasteiger partial charge in [-0.15, -0.1) is 0 Å². The summed E-state index contributed by atoms with van der Waals surface area (Å²) in [7, 11) is 1.37. The zero-order valence-electron chi connectivity index (χ0n) is 13.5. The first kappa shape index (κ1) is 14.4. The molecule has 120 valence electrons. The Morgan fingerprint density at radius 1 is 1.25 bits per heavy atom. The van der Waals surface area contributed by atoms with E-state index in [2.05, 4.69) is 15.1 Å². The summed E-state index contributed by atoms with van der Waals surface area (Å²) in [6.45, 7) is 3.77. The molecule has 0 saturated heterocycles. The highest BCUT2D eigenvalue weighted by Gasteiger charge is 2.18. The number of hydrogen-bond donors (Lipinski definition) is 1. The topological polar surface area (TPSA) is 81.0 Å². The Hall–Kier alpha value is -3.15. The zero-order valence-corrected chi connectivity index (χ0v) is 13.5. The van der Waals surface area contributed by atoms with Crippen LogP contribution in [0.4, 0.5) is 0 Å². The molecule has 6 nitrogen and oxygen atoms in total. The molecule has 0 fully saturated rings. The standard InChI is InChI=1S/C18H15N3O3/c1-9-15(10(2)24-21-9)11-7-14-17(19-8-11)16-12(18(22)23-3)5-4-6-13(16)20-14/h4-8,20H,1-3H3. The van der Waals surface area contributed by atoms with Crippen LogP contribution >= 0.6 is 0 Å². The molecule has 4 aromatic rings. The summed E-state index contributed by atoms with van der Waals surface area (Å²) in [5.74, 6) is 0.373. The Morgan fingerprint density at radius 3 is 2.79 bits per heavy atom. The maximum absolute atomic E-state index is 12.0. The third kappa shape index (κ3) is 2.00. The number of aromatic nitrogens is 3. The van der Waals surface area contributed by atoms with Crippen molar-refractivity contribution in [3.8, 4) is 11.1 Å². The van der Waals surface area contributed by atoms with Crippen LogP contribution in [0, 0.1) is 13.8 Å². The molecule has 1 aromatic carbocycles. The number of carbonyl (C=O) groups excluding carboxylic acids is 1. The summed E-state index contributed by atoms with van der Waals surface area (Å²) >= 11 is 0. The Kier molecular flexibility index (Phi) is 3.13. The second kappa shape index (κ2) is 5.19. The first-order valence-corrected chi connectivity index (χ1v) is 7.52. The molecule has 0 aliphatic heterocycles. The van der Waals surface area contributed by atoms with Crippen LogP contribution < -0.4 is 0 Å². The first-order valence-electron chi connectivity index (χ1n) is 7.52. The third-order valence-electron chi connectivity index (χ3n) is 4.19. The van der Waals surface area contributed by atoms with Crippen molar-refractivity contribution in [2.45, 2.75) is 13.8 Å². The Labute approximate surface area is 137 Å². The lowest BCUT2D eigenvalue weighted by Crippen LogP contribution is -2.01. The van der Waals surface area contributed by atoms with E-state index >= 15 is 0 Å². The first-order chi connectivity index (χ1) is 11.6. The Balaban J connectivity index is 2.00. The minimum absolute atomic E-state index is 0.377. The molecule has 0 radical (unpaired) electrons. The summed E-state index contributed by atoms with van der Waals surface area (Å²) in [6.07, 6.45) is 1.77. The average molecular weight is 321 g/mol. The number of pyridine rings is 1. The molecule has 6 heteroatoms. The van der Waals surface area contributed by atoms with Gasteiger partial charge in [0.25, 0.3) is 0 Å². The lowest BCUT2D eigenvalue weighted by atomic mass is 10.1. The lowest BCUT2D eigenvalue weighted by molar-refractivity contribution is 0.0603. The van der Waals surface area contributed by atoms with Crippen molar-refractivity contribution >= 4 is 27.9 Å². The Morgan fingerprint density at radius 2 is 2.08 bits per heavy atom. The van der Waals surface area contributed by atoms with Gasteiger partial charge in [-0.3, -0.25) is 4.98 Å². The van der Waals surface area contributed by atoms with Crippen LogP contribution in [0.5, 0.6) is 0 Å². The van der Waals surface area contributed by atoms with Crippen LogP contribution in [0.25, 0.3) is 33.1 Å². The molecule has 0 spiro atoms. The molecule has 0 bridgehead atoms. The van der Waals surface area contributed by atoms with Gasteiger partial charge in [0, 0.05) is 28.2 Å². The van der Waals surface area contributed by atoms with Gasteiger partial charge in [-0.05, 0) is 32.0 Å². The molecule has 1 N–H and O–H groups in total. The minimum Gasteiger partial charge on any atom is -0.465 e. The normalized spacial score (nSPS) is 11.3. The number of nitrogens with one attached hydrogen (secondary N) is 1. The number of esters is 1. The maximum atomic E-state index is 12.0. The van der Waals surface area contributed by atoms with E-state index in [9.17, 15) is 4.79 Å².